The SMILES string of the molecule is CCC(CC)=NOC(=O)NCOC(=O)C(C)CC. The molecule has 1 atom stereocenters. The predicted octanol–water partition coefficient (Wildman–Crippen LogP) is 2.44. The second-order valence-electron chi connectivity index (χ2n) is 3.84. The van der Waals surface area contributed by atoms with Gasteiger partial charge in [0.1, 0.15) is 0 Å². The van der Waals surface area contributed by atoms with Gasteiger partial charge in [0, 0.05) is 0 Å². The Morgan fingerprint density at radius 2 is 1.83 bits per heavy atom. The highest BCUT2D eigenvalue weighted by molar-refractivity contribution is 5.84. The van der Waals surface area contributed by atoms with Crippen LogP contribution in [0.1, 0.15) is 47.0 Å². The van der Waals surface area contributed by atoms with E-state index >= 15 is 0 Å². The lowest BCUT2D eigenvalue weighted by Gasteiger charge is -2.09. The second-order valence-corrected chi connectivity index (χ2v) is 3.84. The molecule has 0 spiro atoms. The van der Waals surface area contributed by atoms with Crippen molar-refractivity contribution in [2.75, 3.05) is 6.73 Å². The molecule has 18 heavy (non-hydrogen) atoms. The van der Waals surface area contributed by atoms with Crippen molar-refractivity contribution in [1.82, 2.24) is 5.32 Å². The van der Waals surface area contributed by atoms with E-state index in [1.165, 1.54) is 0 Å². The van der Waals surface area contributed by atoms with Crippen LogP contribution >= 0.6 is 0 Å². The first-order valence-electron chi connectivity index (χ1n) is 6.22. The van der Waals surface area contributed by atoms with E-state index in [0.717, 1.165) is 18.6 Å². The van der Waals surface area contributed by atoms with Gasteiger partial charge in [-0.05, 0) is 19.3 Å². The highest BCUT2D eigenvalue weighted by Crippen LogP contribution is 2.02. The van der Waals surface area contributed by atoms with E-state index in [1.54, 1.807) is 6.92 Å². The van der Waals surface area contributed by atoms with Crippen LogP contribution in [0.5, 0.6) is 0 Å². The molecule has 0 radical (unpaired) electrons. The third-order valence-electron chi connectivity index (χ3n) is 2.52. The summed E-state index contributed by atoms with van der Waals surface area (Å²) in [5, 5.41) is 5.96. The minimum absolute atomic E-state index is 0.173. The zero-order valence-corrected chi connectivity index (χ0v) is 11.5. The van der Waals surface area contributed by atoms with Crippen molar-refractivity contribution in [3.63, 3.8) is 0 Å². The molecule has 0 fully saturated rings. The highest BCUT2D eigenvalue weighted by Gasteiger charge is 2.12. The lowest BCUT2D eigenvalue weighted by Crippen LogP contribution is -2.29. The van der Waals surface area contributed by atoms with Gasteiger partial charge in [-0.1, -0.05) is 32.9 Å². The number of esters is 1. The van der Waals surface area contributed by atoms with Crippen molar-refractivity contribution >= 4 is 17.8 Å². The van der Waals surface area contributed by atoms with E-state index in [-0.39, 0.29) is 18.6 Å². The molecule has 6 heteroatoms. The fourth-order valence-electron chi connectivity index (χ4n) is 0.992. The van der Waals surface area contributed by atoms with Crippen molar-refractivity contribution < 1.29 is 19.2 Å². The Morgan fingerprint density at radius 1 is 1.22 bits per heavy atom. The number of hydrogen-bond acceptors (Lipinski definition) is 5. The van der Waals surface area contributed by atoms with Gasteiger partial charge < -0.3 is 4.74 Å². The maximum absolute atomic E-state index is 11.3. The van der Waals surface area contributed by atoms with Crippen molar-refractivity contribution in [3.05, 3.63) is 0 Å². The molecule has 0 saturated heterocycles. The van der Waals surface area contributed by atoms with Crippen LogP contribution in [-0.4, -0.2) is 24.5 Å². The van der Waals surface area contributed by atoms with Gasteiger partial charge in [-0.15, -0.1) is 0 Å². The number of carbonyl (C=O) groups is 2. The summed E-state index contributed by atoms with van der Waals surface area (Å²) in [5.41, 5.74) is 0.793. The number of nitrogens with one attached hydrogen (secondary N) is 1. The van der Waals surface area contributed by atoms with Crippen LogP contribution in [-0.2, 0) is 14.4 Å². The van der Waals surface area contributed by atoms with Gasteiger partial charge in [0.2, 0.25) is 0 Å². The number of ether oxygens (including phenoxy) is 1. The Kier molecular flexibility index (Phi) is 8.61. The summed E-state index contributed by atoms with van der Waals surface area (Å²) in [4.78, 5) is 27.0. The first kappa shape index (κ1) is 16.4. The molecule has 0 aliphatic heterocycles. The summed E-state index contributed by atoms with van der Waals surface area (Å²) < 4.78 is 4.83. The molecule has 0 bridgehead atoms. The molecule has 0 aromatic rings. The van der Waals surface area contributed by atoms with E-state index in [2.05, 4.69) is 15.3 Å². The van der Waals surface area contributed by atoms with Gasteiger partial charge in [0.15, 0.2) is 6.73 Å². The lowest BCUT2D eigenvalue weighted by atomic mass is 10.1. The minimum atomic E-state index is -0.730. The molecule has 0 rings (SSSR count). The van der Waals surface area contributed by atoms with Crippen LogP contribution in [0.3, 0.4) is 0 Å². The number of oxime groups is 1. The Morgan fingerprint density at radius 3 is 2.33 bits per heavy atom. The third kappa shape index (κ3) is 6.88. The van der Waals surface area contributed by atoms with Crippen LogP contribution in [0.15, 0.2) is 5.16 Å². The topological polar surface area (TPSA) is 77.0 Å². The van der Waals surface area contributed by atoms with Crippen LogP contribution in [0.2, 0.25) is 0 Å². The number of nitrogens with zero attached hydrogens (tertiary/aromatic N) is 1. The monoisotopic (exact) mass is 258 g/mol. The molecule has 0 aliphatic rings. The fourth-order valence-corrected chi connectivity index (χ4v) is 0.992. The molecular weight excluding hydrogens is 236 g/mol. The maximum Gasteiger partial charge on any atom is 0.435 e. The Labute approximate surface area is 108 Å². The molecule has 6 nitrogen and oxygen atoms in total. The van der Waals surface area contributed by atoms with E-state index in [1.807, 2.05) is 20.8 Å². The zero-order chi connectivity index (χ0) is 14.0. The van der Waals surface area contributed by atoms with Gasteiger partial charge in [-0.25, -0.2) is 4.79 Å². The molecule has 1 N–H and O–H groups in total. The molecule has 0 aliphatic carbocycles. The molecule has 1 amide bonds. The second kappa shape index (κ2) is 9.44. The minimum Gasteiger partial charge on any atom is -0.444 e. The normalized spacial score (nSPS) is 11.3. The van der Waals surface area contributed by atoms with Gasteiger partial charge in [0.25, 0.3) is 0 Å². The predicted molar refractivity (Wildman–Crippen MR) is 68.0 cm³/mol. The van der Waals surface area contributed by atoms with Gasteiger partial charge in [-0.2, -0.15) is 0 Å². The highest BCUT2D eigenvalue weighted by atomic mass is 16.7. The van der Waals surface area contributed by atoms with Crippen molar-refractivity contribution in [2.45, 2.75) is 47.0 Å². The number of rotatable bonds is 7. The Hall–Kier alpha value is -1.59. The van der Waals surface area contributed by atoms with Crippen LogP contribution in [0.4, 0.5) is 4.79 Å². The zero-order valence-electron chi connectivity index (χ0n) is 11.5. The van der Waals surface area contributed by atoms with Crippen LogP contribution < -0.4 is 5.32 Å². The summed E-state index contributed by atoms with van der Waals surface area (Å²) in [7, 11) is 0. The molecule has 1 unspecified atom stereocenters. The lowest BCUT2D eigenvalue weighted by molar-refractivity contribution is -0.148. The van der Waals surface area contributed by atoms with Crippen LogP contribution in [0, 0.1) is 5.92 Å². The summed E-state index contributed by atoms with van der Waals surface area (Å²) >= 11 is 0. The number of hydrogen-bond donors (Lipinski definition) is 1. The molecule has 0 aromatic heterocycles. The molecular formula is C12H22N2O4. The average molecular weight is 258 g/mol. The molecule has 0 aromatic carbocycles. The van der Waals surface area contributed by atoms with Crippen LogP contribution in [0.25, 0.3) is 0 Å². The smallest absolute Gasteiger partial charge is 0.435 e. The van der Waals surface area contributed by atoms with E-state index < -0.39 is 6.09 Å². The third-order valence-corrected chi connectivity index (χ3v) is 2.52. The quantitative estimate of drug-likeness (QED) is 0.250. The van der Waals surface area contributed by atoms with E-state index in [0.29, 0.717) is 6.42 Å². The molecule has 0 heterocycles. The number of carbonyl (C=O) groups excluding carboxylic acids is 2. The Balaban J connectivity index is 3.85. The Bertz CT molecular complexity index is 296. The van der Waals surface area contributed by atoms with Gasteiger partial charge in [0.05, 0.1) is 11.6 Å². The summed E-state index contributed by atoms with van der Waals surface area (Å²) in [6.45, 7) is 7.30. The summed E-state index contributed by atoms with van der Waals surface area (Å²) in [6, 6.07) is 0. The molecule has 104 valence electrons. The van der Waals surface area contributed by atoms with Crippen molar-refractivity contribution in [3.8, 4) is 0 Å². The first-order valence-corrected chi connectivity index (χ1v) is 6.22. The maximum atomic E-state index is 11.3. The van der Waals surface area contributed by atoms with E-state index in [4.69, 9.17) is 4.74 Å². The van der Waals surface area contributed by atoms with Crippen molar-refractivity contribution in [2.24, 2.45) is 11.1 Å². The van der Waals surface area contributed by atoms with Crippen molar-refractivity contribution in [1.29, 1.82) is 0 Å². The van der Waals surface area contributed by atoms with Gasteiger partial charge in [-0.3, -0.25) is 14.9 Å². The number of amides is 1. The first-order chi connectivity index (χ1) is 8.54. The summed E-state index contributed by atoms with van der Waals surface area (Å²) in [6.07, 6.45) is 1.43. The fraction of sp³-hybridized carbons (Fsp3) is 0.750. The summed E-state index contributed by atoms with van der Waals surface area (Å²) in [5.74, 6) is -0.517. The average Bonchev–Trinajstić information content (AvgIpc) is 2.38. The van der Waals surface area contributed by atoms with Gasteiger partial charge >= 0.3 is 12.1 Å². The standard InChI is InChI=1S/C12H22N2O4/c1-5-9(4)11(15)17-8-13-12(16)18-14-10(6-2)7-3/h9H,5-8H2,1-4H3,(H,13,16). The van der Waals surface area contributed by atoms with E-state index in [9.17, 15) is 9.59 Å². The largest absolute Gasteiger partial charge is 0.444 e. The molecule has 0 saturated carbocycles.